The molecule has 1 heterocycles. The molecule has 1 N–H and O–H groups in total. The van der Waals surface area contributed by atoms with E-state index in [-0.39, 0.29) is 18.6 Å². The van der Waals surface area contributed by atoms with Gasteiger partial charge in [0.1, 0.15) is 0 Å². The molecule has 0 aliphatic carbocycles. The average molecular weight is 282 g/mol. The number of aromatic nitrogens is 2. The van der Waals surface area contributed by atoms with Gasteiger partial charge >= 0.3 is 0 Å². The summed E-state index contributed by atoms with van der Waals surface area (Å²) < 4.78 is 1.82. The van der Waals surface area contributed by atoms with E-state index in [1.54, 1.807) is 4.90 Å². The number of carbonyl (C=O) groups is 1. The number of hydrogen-bond acceptors (Lipinski definition) is 4. The topological polar surface area (TPSA) is 61.6 Å². The summed E-state index contributed by atoms with van der Waals surface area (Å²) in [5.41, 5.74) is 3.04. The molecule has 114 valence electrons. The number of rotatable bonds is 6. The number of hydrogen-bond donors (Lipinski definition) is 1. The number of amides is 1. The lowest BCUT2D eigenvalue weighted by molar-refractivity contribution is -0.136. The van der Waals surface area contributed by atoms with E-state index in [0.29, 0.717) is 13.1 Å². The summed E-state index contributed by atoms with van der Waals surface area (Å²) >= 11 is 0. The van der Waals surface area contributed by atoms with Crippen molar-refractivity contribution in [1.29, 1.82) is 0 Å². The largest absolute Gasteiger partial charge is 0.395 e. The van der Waals surface area contributed by atoms with Crippen LogP contribution >= 0.6 is 0 Å². The van der Waals surface area contributed by atoms with E-state index in [9.17, 15) is 9.90 Å². The number of aryl methyl sites for hydroxylation is 2. The van der Waals surface area contributed by atoms with Crippen molar-refractivity contribution in [2.45, 2.75) is 33.4 Å². The first-order valence-electron chi connectivity index (χ1n) is 6.84. The maximum atomic E-state index is 12.5. The fraction of sp³-hybridized carbons (Fsp3) is 0.714. The van der Waals surface area contributed by atoms with E-state index in [2.05, 4.69) is 5.10 Å². The Morgan fingerprint density at radius 3 is 2.40 bits per heavy atom. The first kappa shape index (κ1) is 16.7. The molecule has 0 aliphatic heterocycles. The second kappa shape index (κ2) is 6.85. The Labute approximate surface area is 121 Å². The van der Waals surface area contributed by atoms with E-state index in [4.69, 9.17) is 0 Å². The van der Waals surface area contributed by atoms with Gasteiger partial charge in [-0.2, -0.15) is 5.10 Å². The Hall–Kier alpha value is -1.40. The van der Waals surface area contributed by atoms with Crippen molar-refractivity contribution in [3.8, 4) is 0 Å². The third-order valence-corrected chi connectivity index (χ3v) is 3.82. The Morgan fingerprint density at radius 2 is 2.00 bits per heavy atom. The lowest BCUT2D eigenvalue weighted by Crippen LogP contribution is -2.45. The van der Waals surface area contributed by atoms with Crippen LogP contribution in [-0.2, 0) is 18.4 Å². The van der Waals surface area contributed by atoms with Crippen LogP contribution in [0, 0.1) is 13.8 Å². The van der Waals surface area contributed by atoms with Gasteiger partial charge in [-0.1, -0.05) is 0 Å². The Balaban J connectivity index is 2.95. The lowest BCUT2D eigenvalue weighted by Gasteiger charge is -2.28. The van der Waals surface area contributed by atoms with Crippen LogP contribution in [0.15, 0.2) is 0 Å². The minimum absolute atomic E-state index is 0.0201. The van der Waals surface area contributed by atoms with Gasteiger partial charge in [-0.05, 0) is 34.9 Å². The Kier molecular flexibility index (Phi) is 5.71. The second-order valence-corrected chi connectivity index (χ2v) is 5.40. The van der Waals surface area contributed by atoms with Crippen LogP contribution in [0.1, 0.15) is 23.9 Å². The molecule has 0 fully saturated rings. The maximum absolute atomic E-state index is 12.5. The van der Waals surface area contributed by atoms with Crippen LogP contribution in [0.2, 0.25) is 0 Å². The van der Waals surface area contributed by atoms with Crippen molar-refractivity contribution in [2.75, 3.05) is 27.2 Å². The molecular weight excluding hydrogens is 256 g/mol. The van der Waals surface area contributed by atoms with Crippen LogP contribution in [0.5, 0.6) is 0 Å². The van der Waals surface area contributed by atoms with Crippen LogP contribution in [0.3, 0.4) is 0 Å². The van der Waals surface area contributed by atoms with Gasteiger partial charge in [-0.3, -0.25) is 14.4 Å². The molecule has 0 saturated heterocycles. The van der Waals surface area contributed by atoms with Crippen LogP contribution < -0.4 is 0 Å². The molecular formula is C14H26N4O2. The first-order chi connectivity index (χ1) is 9.29. The average Bonchev–Trinajstić information content (AvgIpc) is 2.62. The zero-order valence-electron chi connectivity index (χ0n) is 13.3. The highest BCUT2D eigenvalue weighted by Crippen LogP contribution is 2.15. The molecule has 0 unspecified atom stereocenters. The van der Waals surface area contributed by atoms with Gasteiger partial charge in [0.05, 0.1) is 18.3 Å². The van der Waals surface area contributed by atoms with Crippen LogP contribution in [-0.4, -0.2) is 63.9 Å². The summed E-state index contributed by atoms with van der Waals surface area (Å²) in [5.74, 6) is 0.0201. The van der Waals surface area contributed by atoms with E-state index >= 15 is 0 Å². The van der Waals surface area contributed by atoms with Crippen molar-refractivity contribution in [3.05, 3.63) is 17.0 Å². The fourth-order valence-electron chi connectivity index (χ4n) is 2.11. The standard InChI is InChI=1S/C14H26N4O2/c1-10-13(11(2)17(6)15-10)9-18(7-8-19)14(20)12(3)16(4)5/h12,19H,7-9H2,1-6H3/t12-/m1/s1. The molecule has 1 amide bonds. The molecule has 0 aromatic carbocycles. The van der Waals surface area contributed by atoms with E-state index in [1.807, 2.05) is 51.5 Å². The predicted octanol–water partition coefficient (Wildman–Crippen LogP) is 0.308. The van der Waals surface area contributed by atoms with Gasteiger partial charge in [0, 0.05) is 31.4 Å². The molecule has 0 saturated carbocycles. The summed E-state index contributed by atoms with van der Waals surface area (Å²) in [4.78, 5) is 16.0. The molecule has 1 rings (SSSR count). The van der Waals surface area contributed by atoms with Crippen LogP contribution in [0.25, 0.3) is 0 Å². The molecule has 1 atom stereocenters. The number of aliphatic hydroxyl groups excluding tert-OH is 1. The normalized spacial score (nSPS) is 12.8. The number of nitrogens with zero attached hydrogens (tertiary/aromatic N) is 4. The minimum atomic E-state index is -0.209. The SMILES string of the molecule is Cc1nn(C)c(C)c1CN(CCO)C(=O)[C@@H](C)N(C)C. The summed E-state index contributed by atoms with van der Waals surface area (Å²) in [7, 11) is 5.65. The van der Waals surface area contributed by atoms with Crippen molar-refractivity contribution >= 4 is 5.91 Å². The molecule has 0 spiro atoms. The van der Waals surface area contributed by atoms with Crippen molar-refractivity contribution < 1.29 is 9.90 Å². The number of carbonyl (C=O) groups excluding carboxylic acids is 1. The molecule has 6 heteroatoms. The highest BCUT2D eigenvalue weighted by atomic mass is 16.3. The van der Waals surface area contributed by atoms with E-state index in [1.165, 1.54) is 0 Å². The van der Waals surface area contributed by atoms with Crippen LogP contribution in [0.4, 0.5) is 0 Å². The van der Waals surface area contributed by atoms with Crippen molar-refractivity contribution in [1.82, 2.24) is 19.6 Å². The quantitative estimate of drug-likeness (QED) is 0.815. The van der Waals surface area contributed by atoms with Gasteiger partial charge in [0.25, 0.3) is 0 Å². The smallest absolute Gasteiger partial charge is 0.240 e. The maximum Gasteiger partial charge on any atom is 0.240 e. The predicted molar refractivity (Wildman–Crippen MR) is 78.3 cm³/mol. The lowest BCUT2D eigenvalue weighted by atomic mass is 10.1. The second-order valence-electron chi connectivity index (χ2n) is 5.40. The van der Waals surface area contributed by atoms with Gasteiger partial charge in [0.15, 0.2) is 0 Å². The first-order valence-corrected chi connectivity index (χ1v) is 6.84. The molecule has 0 aliphatic rings. The van der Waals surface area contributed by atoms with Crippen molar-refractivity contribution in [3.63, 3.8) is 0 Å². The molecule has 0 radical (unpaired) electrons. The summed E-state index contributed by atoms with van der Waals surface area (Å²) in [6, 6.07) is -0.209. The highest BCUT2D eigenvalue weighted by Gasteiger charge is 2.23. The fourth-order valence-corrected chi connectivity index (χ4v) is 2.11. The molecule has 1 aromatic rings. The third kappa shape index (κ3) is 3.58. The molecule has 1 aromatic heterocycles. The Bertz CT molecular complexity index is 468. The van der Waals surface area contributed by atoms with Crippen molar-refractivity contribution in [2.24, 2.45) is 7.05 Å². The zero-order chi connectivity index (χ0) is 15.4. The highest BCUT2D eigenvalue weighted by molar-refractivity contribution is 5.81. The van der Waals surface area contributed by atoms with Gasteiger partial charge in [-0.15, -0.1) is 0 Å². The van der Waals surface area contributed by atoms with E-state index in [0.717, 1.165) is 17.0 Å². The summed E-state index contributed by atoms with van der Waals surface area (Å²) in [6.07, 6.45) is 0. The number of likely N-dealkylation sites (N-methyl/N-ethyl adjacent to an activating group) is 1. The van der Waals surface area contributed by atoms with E-state index < -0.39 is 0 Å². The zero-order valence-corrected chi connectivity index (χ0v) is 13.3. The third-order valence-electron chi connectivity index (χ3n) is 3.82. The molecule has 20 heavy (non-hydrogen) atoms. The monoisotopic (exact) mass is 282 g/mol. The van der Waals surface area contributed by atoms with Gasteiger partial charge in [0.2, 0.25) is 5.91 Å². The minimum Gasteiger partial charge on any atom is -0.395 e. The number of aliphatic hydroxyl groups is 1. The summed E-state index contributed by atoms with van der Waals surface area (Å²) in [5, 5.41) is 13.6. The Morgan fingerprint density at radius 1 is 1.40 bits per heavy atom. The van der Waals surface area contributed by atoms with Gasteiger partial charge in [-0.25, -0.2) is 0 Å². The molecule has 6 nitrogen and oxygen atoms in total. The van der Waals surface area contributed by atoms with Gasteiger partial charge < -0.3 is 10.0 Å². The molecule has 0 bridgehead atoms. The summed E-state index contributed by atoms with van der Waals surface area (Å²) in [6.45, 7) is 6.60.